The van der Waals surface area contributed by atoms with Gasteiger partial charge in [0.05, 0.1) is 5.69 Å². The highest BCUT2D eigenvalue weighted by molar-refractivity contribution is 5.86. The second-order valence-corrected chi connectivity index (χ2v) is 8.64. The summed E-state index contributed by atoms with van der Waals surface area (Å²) in [7, 11) is 0. The average Bonchev–Trinajstić information content (AvgIpc) is 2.96. The molecule has 5 heteroatoms. The zero-order chi connectivity index (χ0) is 20.8. The first-order chi connectivity index (χ1) is 15.2. The van der Waals surface area contributed by atoms with Crippen molar-refractivity contribution in [2.24, 2.45) is 0 Å². The van der Waals surface area contributed by atoms with Gasteiger partial charge in [0.15, 0.2) is 0 Å². The number of pyridine rings is 1. The molecule has 31 heavy (non-hydrogen) atoms. The van der Waals surface area contributed by atoms with E-state index in [0.29, 0.717) is 18.3 Å². The number of rotatable bonds is 4. The lowest BCUT2D eigenvalue weighted by Crippen LogP contribution is -2.29. The third kappa shape index (κ3) is 3.35. The summed E-state index contributed by atoms with van der Waals surface area (Å²) < 4.78 is 7.48. The van der Waals surface area contributed by atoms with Crippen LogP contribution in [0.3, 0.4) is 0 Å². The quantitative estimate of drug-likeness (QED) is 0.534. The molecule has 4 aromatic rings. The summed E-state index contributed by atoms with van der Waals surface area (Å²) >= 11 is 0. The predicted molar refractivity (Wildman–Crippen MR) is 122 cm³/mol. The normalized spacial score (nSPS) is 19.9. The predicted octanol–water partition coefficient (Wildman–Crippen LogP) is 4.59. The number of hydrogen-bond acceptors (Lipinski definition) is 3. The molecule has 0 amide bonds. The van der Waals surface area contributed by atoms with Crippen LogP contribution in [0.1, 0.15) is 35.6 Å². The number of aromatic nitrogens is 2. The molecule has 2 aromatic heterocycles. The maximum absolute atomic E-state index is 12.8. The second kappa shape index (κ2) is 7.43. The molecular formula is C26H25N3O2. The van der Waals surface area contributed by atoms with Crippen LogP contribution in [0.4, 0.5) is 0 Å². The Bertz CT molecular complexity index is 1300. The number of benzene rings is 2. The van der Waals surface area contributed by atoms with Crippen molar-refractivity contribution in [1.29, 1.82) is 0 Å². The molecule has 7 rings (SSSR count). The molecule has 0 aliphatic carbocycles. The van der Waals surface area contributed by atoms with E-state index < -0.39 is 0 Å². The highest BCUT2D eigenvalue weighted by Crippen LogP contribution is 2.39. The lowest BCUT2D eigenvalue weighted by Gasteiger charge is -2.26. The van der Waals surface area contributed by atoms with Gasteiger partial charge in [-0.25, -0.2) is 0 Å². The Morgan fingerprint density at radius 1 is 1.00 bits per heavy atom. The summed E-state index contributed by atoms with van der Waals surface area (Å²) in [6.45, 7) is 3.86. The fourth-order valence-electron chi connectivity index (χ4n) is 5.04. The number of H-pyrrole nitrogens is 1. The lowest BCUT2D eigenvalue weighted by atomic mass is 9.94. The molecule has 2 bridgehead atoms. The molecular weight excluding hydrogens is 386 g/mol. The van der Waals surface area contributed by atoms with Crippen LogP contribution in [0.5, 0.6) is 5.75 Å². The van der Waals surface area contributed by atoms with Gasteiger partial charge in [-0.2, -0.15) is 0 Å². The number of fused-ring (bicyclic) bond motifs is 3. The van der Waals surface area contributed by atoms with Gasteiger partial charge in [0.1, 0.15) is 12.4 Å². The minimum atomic E-state index is -0.0943. The van der Waals surface area contributed by atoms with E-state index in [9.17, 15) is 4.79 Å². The van der Waals surface area contributed by atoms with Crippen LogP contribution in [0.25, 0.3) is 16.6 Å². The Hall–Kier alpha value is -3.31. The maximum atomic E-state index is 12.8. The number of ether oxygens (including phenoxy) is 1. The molecule has 3 aliphatic heterocycles. The first kappa shape index (κ1) is 18.5. The van der Waals surface area contributed by atoms with E-state index >= 15 is 0 Å². The second-order valence-electron chi connectivity index (χ2n) is 8.64. The first-order valence-corrected chi connectivity index (χ1v) is 11.0. The summed E-state index contributed by atoms with van der Waals surface area (Å²) in [5.74, 6) is 1.22. The summed E-state index contributed by atoms with van der Waals surface area (Å²) in [4.78, 5) is 19.1. The molecule has 156 valence electrons. The van der Waals surface area contributed by atoms with Crippen molar-refractivity contribution in [2.75, 3.05) is 13.1 Å². The van der Waals surface area contributed by atoms with Gasteiger partial charge in [-0.3, -0.25) is 14.3 Å². The number of piperidine rings is 1. The van der Waals surface area contributed by atoms with E-state index in [4.69, 9.17) is 4.74 Å². The van der Waals surface area contributed by atoms with Crippen LogP contribution in [0, 0.1) is 0 Å². The molecule has 1 saturated heterocycles. The van der Waals surface area contributed by atoms with Crippen LogP contribution in [0.15, 0.2) is 71.7 Å². The minimum absolute atomic E-state index is 0.0943. The van der Waals surface area contributed by atoms with Crippen molar-refractivity contribution in [3.05, 3.63) is 94.0 Å². The summed E-state index contributed by atoms with van der Waals surface area (Å²) in [5.41, 5.74) is 5.82. The van der Waals surface area contributed by atoms with Gasteiger partial charge in [0.25, 0.3) is 5.56 Å². The molecule has 5 heterocycles. The van der Waals surface area contributed by atoms with Crippen molar-refractivity contribution in [1.82, 2.24) is 14.5 Å². The fraction of sp³-hybridized carbons (Fsp3) is 0.269. The monoisotopic (exact) mass is 411 g/mol. The van der Waals surface area contributed by atoms with Crippen molar-refractivity contribution in [3.63, 3.8) is 0 Å². The van der Waals surface area contributed by atoms with Crippen LogP contribution < -0.4 is 10.3 Å². The zero-order valence-corrected chi connectivity index (χ0v) is 17.4. The van der Waals surface area contributed by atoms with Gasteiger partial charge in [-0.15, -0.1) is 0 Å². The fourth-order valence-corrected chi connectivity index (χ4v) is 5.04. The van der Waals surface area contributed by atoms with Gasteiger partial charge in [-0.05, 0) is 55.3 Å². The first-order valence-electron chi connectivity index (χ1n) is 11.0. The summed E-state index contributed by atoms with van der Waals surface area (Å²) in [6, 6.07) is 19.7. The SMILES string of the molecule is O=c1cc(OCc2ccccc2)ccn1-c1ccc2c3c([nH]c2c1)C1CCN(CC1)C3. The van der Waals surface area contributed by atoms with E-state index in [1.807, 2.05) is 42.5 Å². The largest absolute Gasteiger partial charge is 0.489 e. The van der Waals surface area contributed by atoms with Crippen LogP contribution >= 0.6 is 0 Å². The van der Waals surface area contributed by atoms with Gasteiger partial charge in [0.2, 0.25) is 0 Å². The number of hydrogen-bond donors (Lipinski definition) is 1. The molecule has 0 atom stereocenters. The number of aromatic amines is 1. The molecule has 0 unspecified atom stereocenters. The molecule has 0 spiro atoms. The van der Waals surface area contributed by atoms with Gasteiger partial charge < -0.3 is 9.72 Å². The summed E-state index contributed by atoms with van der Waals surface area (Å²) in [5, 5.41) is 1.29. The van der Waals surface area contributed by atoms with Crippen molar-refractivity contribution in [3.8, 4) is 11.4 Å². The van der Waals surface area contributed by atoms with Crippen LogP contribution in [-0.4, -0.2) is 27.5 Å². The topological polar surface area (TPSA) is 50.3 Å². The molecule has 0 radical (unpaired) electrons. The summed E-state index contributed by atoms with van der Waals surface area (Å²) in [6.07, 6.45) is 4.26. The van der Waals surface area contributed by atoms with E-state index in [1.165, 1.54) is 42.6 Å². The Morgan fingerprint density at radius 2 is 1.84 bits per heavy atom. The van der Waals surface area contributed by atoms with Gasteiger partial charge >= 0.3 is 0 Å². The Balaban J connectivity index is 1.29. The molecule has 0 saturated carbocycles. The highest BCUT2D eigenvalue weighted by Gasteiger charge is 2.30. The molecule has 2 aromatic carbocycles. The maximum Gasteiger partial charge on any atom is 0.258 e. The Morgan fingerprint density at radius 3 is 2.65 bits per heavy atom. The average molecular weight is 412 g/mol. The van der Waals surface area contributed by atoms with E-state index in [1.54, 1.807) is 16.8 Å². The number of nitrogens with zero attached hydrogens (tertiary/aromatic N) is 2. The van der Waals surface area contributed by atoms with Crippen molar-refractivity contribution < 1.29 is 4.74 Å². The van der Waals surface area contributed by atoms with Gasteiger partial charge in [-0.1, -0.05) is 36.4 Å². The zero-order valence-electron chi connectivity index (χ0n) is 17.4. The van der Waals surface area contributed by atoms with Crippen molar-refractivity contribution >= 4 is 10.9 Å². The lowest BCUT2D eigenvalue weighted by molar-refractivity contribution is 0.220. The number of nitrogens with one attached hydrogen (secondary N) is 1. The molecule has 3 aliphatic rings. The van der Waals surface area contributed by atoms with E-state index in [0.717, 1.165) is 23.3 Å². The third-order valence-corrected chi connectivity index (χ3v) is 6.72. The van der Waals surface area contributed by atoms with Crippen molar-refractivity contribution in [2.45, 2.75) is 31.9 Å². The van der Waals surface area contributed by atoms with Crippen LogP contribution in [-0.2, 0) is 13.2 Å². The smallest absolute Gasteiger partial charge is 0.258 e. The minimum Gasteiger partial charge on any atom is -0.489 e. The van der Waals surface area contributed by atoms with Crippen LogP contribution in [0.2, 0.25) is 0 Å². The molecule has 1 N–H and O–H groups in total. The van der Waals surface area contributed by atoms with Gasteiger partial charge in [0, 0.05) is 41.3 Å². The standard InChI is InChI=1S/C26H25N3O2/c30-25-15-21(31-17-18-4-2-1-3-5-18)10-13-29(25)20-6-7-22-23-16-28-11-8-19(9-12-28)26(23)27-24(22)14-20/h1-7,10,13-15,19,27H,8-9,11-12,16-17H2. The highest BCUT2D eigenvalue weighted by atomic mass is 16.5. The Kier molecular flexibility index (Phi) is 4.42. The third-order valence-electron chi connectivity index (χ3n) is 6.72. The van der Waals surface area contributed by atoms with E-state index in [-0.39, 0.29) is 5.56 Å². The Labute approximate surface area is 180 Å². The molecule has 5 nitrogen and oxygen atoms in total. The van der Waals surface area contributed by atoms with E-state index in [2.05, 4.69) is 22.0 Å². The molecule has 1 fully saturated rings.